The Morgan fingerprint density at radius 2 is 1.91 bits per heavy atom. The van der Waals surface area contributed by atoms with Crippen molar-refractivity contribution in [3.8, 4) is 0 Å². The second-order valence-electron chi connectivity index (χ2n) is 6.73. The number of nitrogens with one attached hydrogen (secondary N) is 1. The van der Waals surface area contributed by atoms with Crippen molar-refractivity contribution in [1.82, 2.24) is 10.2 Å². The molecule has 0 radical (unpaired) electrons. The minimum atomic E-state index is -0.0373. The van der Waals surface area contributed by atoms with Gasteiger partial charge in [-0.2, -0.15) is 0 Å². The highest BCUT2D eigenvalue weighted by Gasteiger charge is 2.48. The van der Waals surface area contributed by atoms with E-state index in [1.54, 1.807) is 0 Å². The average Bonchev–Trinajstić information content (AvgIpc) is 3.19. The van der Waals surface area contributed by atoms with E-state index in [0.29, 0.717) is 12.3 Å². The molecule has 3 nitrogen and oxygen atoms in total. The summed E-state index contributed by atoms with van der Waals surface area (Å²) >= 11 is 1.83. The van der Waals surface area contributed by atoms with Crippen molar-refractivity contribution in [3.05, 3.63) is 58.3 Å². The van der Waals surface area contributed by atoms with Crippen LogP contribution in [0.1, 0.15) is 35.6 Å². The molecular formula is C19H22N2OS. The zero-order valence-electron chi connectivity index (χ0n) is 13.2. The van der Waals surface area contributed by atoms with Gasteiger partial charge in [0.1, 0.15) is 0 Å². The number of hydrogen-bond donors (Lipinski definition) is 1. The molecule has 1 atom stereocenters. The molecule has 3 heterocycles. The van der Waals surface area contributed by atoms with Gasteiger partial charge in [-0.25, -0.2) is 0 Å². The normalized spacial score (nSPS) is 24.0. The maximum atomic E-state index is 12.1. The van der Waals surface area contributed by atoms with Crippen LogP contribution in [-0.2, 0) is 11.3 Å². The van der Waals surface area contributed by atoms with E-state index in [0.717, 1.165) is 32.5 Å². The van der Waals surface area contributed by atoms with Crippen molar-refractivity contribution in [2.75, 3.05) is 13.1 Å². The highest BCUT2D eigenvalue weighted by molar-refractivity contribution is 7.09. The molecule has 1 aromatic carbocycles. The van der Waals surface area contributed by atoms with E-state index in [4.69, 9.17) is 0 Å². The first-order chi connectivity index (χ1) is 11.3. The van der Waals surface area contributed by atoms with Gasteiger partial charge in [0, 0.05) is 42.4 Å². The summed E-state index contributed by atoms with van der Waals surface area (Å²) in [7, 11) is 0. The monoisotopic (exact) mass is 326 g/mol. The first-order valence-electron chi connectivity index (χ1n) is 8.36. The van der Waals surface area contributed by atoms with Crippen LogP contribution in [-0.4, -0.2) is 29.4 Å². The topological polar surface area (TPSA) is 32.3 Å². The predicted octanol–water partition coefficient (Wildman–Crippen LogP) is 3.39. The quantitative estimate of drug-likeness (QED) is 0.938. The van der Waals surface area contributed by atoms with Crippen LogP contribution in [0.5, 0.6) is 0 Å². The van der Waals surface area contributed by atoms with Crippen molar-refractivity contribution in [2.24, 2.45) is 0 Å². The summed E-state index contributed by atoms with van der Waals surface area (Å²) in [5.74, 6) is 0.533. The van der Waals surface area contributed by atoms with Gasteiger partial charge < -0.3 is 5.32 Å². The molecule has 2 fully saturated rings. The maximum absolute atomic E-state index is 12.1. The highest BCUT2D eigenvalue weighted by Crippen LogP contribution is 2.43. The van der Waals surface area contributed by atoms with E-state index >= 15 is 0 Å². The second-order valence-corrected chi connectivity index (χ2v) is 7.76. The van der Waals surface area contributed by atoms with Crippen LogP contribution in [0.25, 0.3) is 0 Å². The lowest BCUT2D eigenvalue weighted by Gasteiger charge is -2.43. The summed E-state index contributed by atoms with van der Waals surface area (Å²) in [6, 6.07) is 14.9. The van der Waals surface area contributed by atoms with Gasteiger partial charge in [-0.15, -0.1) is 11.3 Å². The van der Waals surface area contributed by atoms with Crippen molar-refractivity contribution in [3.63, 3.8) is 0 Å². The van der Waals surface area contributed by atoms with Crippen LogP contribution < -0.4 is 5.32 Å². The van der Waals surface area contributed by atoms with E-state index < -0.39 is 0 Å². The van der Waals surface area contributed by atoms with Gasteiger partial charge in [0.2, 0.25) is 5.91 Å². The molecule has 4 rings (SSSR count). The van der Waals surface area contributed by atoms with Gasteiger partial charge in [0.05, 0.1) is 0 Å². The van der Waals surface area contributed by atoms with Gasteiger partial charge in [0.15, 0.2) is 0 Å². The number of carbonyl (C=O) groups is 1. The first-order valence-corrected chi connectivity index (χ1v) is 9.24. The molecule has 1 amide bonds. The lowest BCUT2D eigenvalue weighted by atomic mass is 9.74. The third-order valence-corrected chi connectivity index (χ3v) is 6.22. The summed E-state index contributed by atoms with van der Waals surface area (Å²) in [6.45, 7) is 3.15. The molecule has 120 valence electrons. The summed E-state index contributed by atoms with van der Waals surface area (Å²) in [5, 5.41) is 5.48. The van der Waals surface area contributed by atoms with Crippen LogP contribution >= 0.6 is 11.3 Å². The zero-order chi connectivity index (χ0) is 15.7. The Hall–Kier alpha value is -1.65. The first kappa shape index (κ1) is 14.9. The molecule has 2 aromatic rings. The van der Waals surface area contributed by atoms with E-state index in [9.17, 15) is 4.79 Å². The zero-order valence-corrected chi connectivity index (χ0v) is 14.0. The highest BCUT2D eigenvalue weighted by atomic mass is 32.1. The number of nitrogens with zero attached hydrogens (tertiary/aromatic N) is 1. The lowest BCUT2D eigenvalue weighted by Crippen LogP contribution is -2.53. The average molecular weight is 326 g/mol. The molecule has 1 spiro atoms. The molecule has 0 unspecified atom stereocenters. The van der Waals surface area contributed by atoms with E-state index in [-0.39, 0.29) is 11.4 Å². The molecule has 2 aliphatic heterocycles. The molecule has 0 saturated carbocycles. The van der Waals surface area contributed by atoms with E-state index in [2.05, 4.69) is 52.0 Å². The molecule has 2 aliphatic rings. The summed E-state index contributed by atoms with van der Waals surface area (Å²) in [4.78, 5) is 16.1. The minimum absolute atomic E-state index is 0.0373. The van der Waals surface area contributed by atoms with E-state index in [1.807, 2.05) is 17.4 Å². The van der Waals surface area contributed by atoms with Gasteiger partial charge in [-0.3, -0.25) is 9.69 Å². The Morgan fingerprint density at radius 1 is 1.13 bits per heavy atom. The molecule has 1 aromatic heterocycles. The van der Waals surface area contributed by atoms with Gasteiger partial charge in [-0.1, -0.05) is 36.4 Å². The number of amides is 1. The van der Waals surface area contributed by atoms with Crippen molar-refractivity contribution < 1.29 is 4.79 Å². The van der Waals surface area contributed by atoms with Crippen molar-refractivity contribution in [2.45, 2.75) is 37.3 Å². The summed E-state index contributed by atoms with van der Waals surface area (Å²) in [5.41, 5.74) is 1.27. The number of rotatable bonds is 3. The van der Waals surface area contributed by atoms with Crippen LogP contribution in [0.4, 0.5) is 0 Å². The minimum Gasteiger partial charge on any atom is -0.350 e. The fourth-order valence-electron chi connectivity index (χ4n) is 4.13. The van der Waals surface area contributed by atoms with Gasteiger partial charge in [-0.05, 0) is 29.9 Å². The van der Waals surface area contributed by atoms with Crippen LogP contribution in [0.3, 0.4) is 0 Å². The molecule has 1 N–H and O–H groups in total. The molecule has 0 bridgehead atoms. The third kappa shape index (κ3) is 2.93. The third-order valence-electron chi connectivity index (χ3n) is 5.35. The SMILES string of the molecule is O=C1C[C@@H](c2ccccc2)C2(CCN(Cc3cccs3)CC2)N1. The van der Waals surface area contributed by atoms with Crippen LogP contribution in [0, 0.1) is 0 Å². The Morgan fingerprint density at radius 3 is 2.61 bits per heavy atom. The standard InChI is InChI=1S/C19H22N2OS/c22-18-13-17(15-5-2-1-3-6-15)19(20-18)8-10-21(11-9-19)14-16-7-4-12-23-16/h1-7,12,17H,8-11,13-14H2,(H,20,22)/t17-/m0/s1. The van der Waals surface area contributed by atoms with Crippen molar-refractivity contribution >= 4 is 17.2 Å². The number of likely N-dealkylation sites (tertiary alicyclic amines) is 1. The summed E-state index contributed by atoms with van der Waals surface area (Å²) in [6.07, 6.45) is 2.72. The smallest absolute Gasteiger partial charge is 0.221 e. The number of hydrogen-bond acceptors (Lipinski definition) is 3. The van der Waals surface area contributed by atoms with Crippen LogP contribution in [0.15, 0.2) is 47.8 Å². The Balaban J connectivity index is 1.49. The fraction of sp³-hybridized carbons (Fsp3) is 0.421. The number of benzene rings is 1. The largest absolute Gasteiger partial charge is 0.350 e. The molecule has 23 heavy (non-hydrogen) atoms. The van der Waals surface area contributed by atoms with E-state index in [1.165, 1.54) is 10.4 Å². The fourth-order valence-corrected chi connectivity index (χ4v) is 4.87. The van der Waals surface area contributed by atoms with Crippen molar-refractivity contribution in [1.29, 1.82) is 0 Å². The summed E-state index contributed by atoms with van der Waals surface area (Å²) < 4.78 is 0. The molecule has 4 heteroatoms. The molecule has 2 saturated heterocycles. The lowest BCUT2D eigenvalue weighted by molar-refractivity contribution is -0.120. The van der Waals surface area contributed by atoms with Gasteiger partial charge in [0.25, 0.3) is 0 Å². The predicted molar refractivity (Wildman–Crippen MR) is 93.5 cm³/mol. The number of carbonyl (C=O) groups excluding carboxylic acids is 1. The Labute approximate surface area is 141 Å². The number of piperidine rings is 1. The number of thiophene rings is 1. The van der Waals surface area contributed by atoms with Gasteiger partial charge >= 0.3 is 0 Å². The Bertz CT molecular complexity index is 660. The maximum Gasteiger partial charge on any atom is 0.221 e. The second kappa shape index (κ2) is 6.10. The van der Waals surface area contributed by atoms with Crippen LogP contribution in [0.2, 0.25) is 0 Å². The Kier molecular flexibility index (Phi) is 3.95. The molecular weight excluding hydrogens is 304 g/mol. The molecule has 0 aliphatic carbocycles.